The number of carbonyl (C=O) groups excluding carboxylic acids is 2. The van der Waals surface area contributed by atoms with E-state index in [-0.39, 0.29) is 17.8 Å². The molecule has 0 aromatic carbocycles. The number of aromatic nitrogens is 2. The molecule has 0 bridgehead atoms. The maximum absolute atomic E-state index is 12.3. The molecule has 9 heteroatoms. The number of amides is 2. The summed E-state index contributed by atoms with van der Waals surface area (Å²) in [7, 11) is 1.71. The molecule has 1 atom stereocenters. The number of piperidine rings is 1. The van der Waals surface area contributed by atoms with Gasteiger partial charge in [0.25, 0.3) is 5.22 Å². The molecule has 0 aliphatic carbocycles. The van der Waals surface area contributed by atoms with Crippen molar-refractivity contribution < 1.29 is 18.7 Å². The van der Waals surface area contributed by atoms with Crippen LogP contribution in [0.15, 0.2) is 9.64 Å². The first kappa shape index (κ1) is 15.1. The molecular formula is C13H18N4O4S. The fraction of sp³-hybridized carbons (Fsp3) is 0.692. The van der Waals surface area contributed by atoms with Crippen LogP contribution < -0.4 is 0 Å². The van der Waals surface area contributed by atoms with Gasteiger partial charge >= 0.3 is 6.09 Å². The second-order valence-corrected chi connectivity index (χ2v) is 6.63. The highest BCUT2D eigenvalue weighted by Gasteiger charge is 2.47. The number of hydrogen-bond donors (Lipinski definition) is 0. The van der Waals surface area contributed by atoms with Crippen molar-refractivity contribution in [2.24, 2.45) is 0 Å². The molecule has 22 heavy (non-hydrogen) atoms. The van der Waals surface area contributed by atoms with E-state index >= 15 is 0 Å². The lowest BCUT2D eigenvalue weighted by Crippen LogP contribution is -2.52. The van der Waals surface area contributed by atoms with Crippen LogP contribution in [0, 0.1) is 6.92 Å². The summed E-state index contributed by atoms with van der Waals surface area (Å²) in [5.74, 6) is 0.708. The number of rotatable bonds is 3. The SMILES string of the molecule is Cc1nnc(SCC(=O)N2CCCC3(CN(C)C(=O)O3)C2)o1. The Morgan fingerprint density at radius 2 is 2.23 bits per heavy atom. The normalized spacial score (nSPS) is 24.9. The molecule has 2 aliphatic heterocycles. The van der Waals surface area contributed by atoms with Crippen molar-refractivity contribution in [1.82, 2.24) is 20.0 Å². The fourth-order valence-electron chi connectivity index (χ4n) is 2.87. The Morgan fingerprint density at radius 3 is 2.86 bits per heavy atom. The monoisotopic (exact) mass is 326 g/mol. The maximum atomic E-state index is 12.3. The molecule has 2 amide bonds. The maximum Gasteiger partial charge on any atom is 0.410 e. The van der Waals surface area contributed by atoms with Gasteiger partial charge in [0.1, 0.15) is 5.60 Å². The molecule has 0 saturated carbocycles. The summed E-state index contributed by atoms with van der Waals surface area (Å²) in [4.78, 5) is 27.3. The first-order valence-corrected chi connectivity index (χ1v) is 8.11. The van der Waals surface area contributed by atoms with Crippen molar-refractivity contribution >= 4 is 23.8 Å². The van der Waals surface area contributed by atoms with E-state index in [2.05, 4.69) is 10.2 Å². The Bertz CT molecular complexity index is 592. The van der Waals surface area contributed by atoms with Crippen molar-refractivity contribution in [3.63, 3.8) is 0 Å². The predicted molar refractivity (Wildman–Crippen MR) is 77.4 cm³/mol. The summed E-state index contributed by atoms with van der Waals surface area (Å²) in [6.45, 7) is 3.38. The number of likely N-dealkylation sites (tertiary alicyclic amines) is 1. The highest BCUT2D eigenvalue weighted by atomic mass is 32.2. The summed E-state index contributed by atoms with van der Waals surface area (Å²) in [6, 6.07) is 0. The van der Waals surface area contributed by atoms with Gasteiger partial charge in [-0.1, -0.05) is 11.8 Å². The van der Waals surface area contributed by atoms with Gasteiger partial charge in [0.05, 0.1) is 18.8 Å². The summed E-state index contributed by atoms with van der Waals surface area (Å²) in [6.07, 6.45) is 1.31. The van der Waals surface area contributed by atoms with Crippen LogP contribution in [0.3, 0.4) is 0 Å². The van der Waals surface area contributed by atoms with Crippen molar-refractivity contribution in [2.45, 2.75) is 30.6 Å². The zero-order chi connectivity index (χ0) is 15.7. The summed E-state index contributed by atoms with van der Waals surface area (Å²) >= 11 is 1.23. The Kier molecular flexibility index (Phi) is 3.98. The van der Waals surface area contributed by atoms with E-state index in [1.54, 1.807) is 23.8 Å². The molecule has 8 nitrogen and oxygen atoms in total. The predicted octanol–water partition coefficient (Wildman–Crippen LogP) is 0.913. The van der Waals surface area contributed by atoms with E-state index in [0.717, 1.165) is 12.8 Å². The highest BCUT2D eigenvalue weighted by molar-refractivity contribution is 7.99. The average molecular weight is 326 g/mol. The molecule has 1 unspecified atom stereocenters. The van der Waals surface area contributed by atoms with Crippen LogP contribution in [0.5, 0.6) is 0 Å². The van der Waals surface area contributed by atoms with Gasteiger partial charge in [0, 0.05) is 20.5 Å². The molecule has 1 aromatic heterocycles. The topological polar surface area (TPSA) is 88.8 Å². The number of ether oxygens (including phenoxy) is 1. The molecule has 3 rings (SSSR count). The molecule has 0 radical (unpaired) electrons. The van der Waals surface area contributed by atoms with Crippen molar-refractivity contribution in [3.05, 3.63) is 5.89 Å². The number of nitrogens with zero attached hydrogens (tertiary/aromatic N) is 4. The molecule has 120 valence electrons. The van der Waals surface area contributed by atoms with Crippen LogP contribution in [0.2, 0.25) is 0 Å². The van der Waals surface area contributed by atoms with Gasteiger partial charge in [-0.05, 0) is 12.8 Å². The van der Waals surface area contributed by atoms with E-state index < -0.39 is 5.60 Å². The van der Waals surface area contributed by atoms with Gasteiger partial charge in [-0.25, -0.2) is 4.79 Å². The number of likely N-dealkylation sites (N-methyl/N-ethyl adjacent to an activating group) is 1. The van der Waals surface area contributed by atoms with Gasteiger partial charge in [0.15, 0.2) is 0 Å². The highest BCUT2D eigenvalue weighted by Crippen LogP contribution is 2.31. The molecule has 1 spiro atoms. The third-order valence-corrected chi connectivity index (χ3v) is 4.66. The second kappa shape index (κ2) is 5.79. The Morgan fingerprint density at radius 1 is 1.41 bits per heavy atom. The summed E-state index contributed by atoms with van der Waals surface area (Å²) in [5, 5.41) is 7.97. The van der Waals surface area contributed by atoms with Crippen LogP contribution in [0.4, 0.5) is 4.79 Å². The van der Waals surface area contributed by atoms with Crippen LogP contribution >= 0.6 is 11.8 Å². The first-order valence-electron chi connectivity index (χ1n) is 7.12. The zero-order valence-electron chi connectivity index (χ0n) is 12.6. The third-order valence-electron chi connectivity index (χ3n) is 3.86. The van der Waals surface area contributed by atoms with E-state index in [9.17, 15) is 9.59 Å². The molecule has 2 aliphatic rings. The van der Waals surface area contributed by atoms with Crippen molar-refractivity contribution in [1.29, 1.82) is 0 Å². The van der Waals surface area contributed by atoms with Crippen LogP contribution in [-0.2, 0) is 9.53 Å². The third kappa shape index (κ3) is 3.03. The fourth-order valence-corrected chi connectivity index (χ4v) is 3.57. The lowest BCUT2D eigenvalue weighted by atomic mass is 9.93. The van der Waals surface area contributed by atoms with E-state index in [1.807, 2.05) is 0 Å². The Hall–Kier alpha value is -1.77. The minimum Gasteiger partial charge on any atom is -0.439 e. The molecule has 1 aromatic rings. The lowest BCUT2D eigenvalue weighted by molar-refractivity contribution is -0.133. The number of carbonyl (C=O) groups is 2. The number of aryl methyl sites for hydroxylation is 1. The van der Waals surface area contributed by atoms with Gasteiger partial charge in [0.2, 0.25) is 11.8 Å². The largest absolute Gasteiger partial charge is 0.439 e. The molecule has 2 saturated heterocycles. The quantitative estimate of drug-likeness (QED) is 0.763. The summed E-state index contributed by atoms with van der Waals surface area (Å²) in [5.41, 5.74) is -0.550. The van der Waals surface area contributed by atoms with E-state index in [0.29, 0.717) is 30.7 Å². The number of hydrogen-bond acceptors (Lipinski definition) is 7. The Balaban J connectivity index is 1.57. The van der Waals surface area contributed by atoms with Crippen LogP contribution in [-0.4, -0.2) is 70.0 Å². The lowest BCUT2D eigenvalue weighted by Gasteiger charge is -2.38. The Labute approximate surface area is 132 Å². The smallest absolute Gasteiger partial charge is 0.410 e. The minimum absolute atomic E-state index is 0.00877. The van der Waals surface area contributed by atoms with Gasteiger partial charge < -0.3 is 19.0 Å². The van der Waals surface area contributed by atoms with E-state index in [4.69, 9.17) is 9.15 Å². The number of thioether (sulfide) groups is 1. The minimum atomic E-state index is -0.550. The van der Waals surface area contributed by atoms with Crippen LogP contribution in [0.25, 0.3) is 0 Å². The first-order chi connectivity index (χ1) is 10.5. The van der Waals surface area contributed by atoms with Gasteiger partial charge in [-0.15, -0.1) is 10.2 Å². The average Bonchev–Trinajstić information content (AvgIpc) is 3.00. The van der Waals surface area contributed by atoms with Gasteiger partial charge in [-0.2, -0.15) is 0 Å². The summed E-state index contributed by atoms with van der Waals surface area (Å²) < 4.78 is 10.7. The molecule has 2 fully saturated rings. The van der Waals surface area contributed by atoms with Crippen molar-refractivity contribution in [2.75, 3.05) is 32.4 Å². The zero-order valence-corrected chi connectivity index (χ0v) is 13.4. The molecule has 3 heterocycles. The van der Waals surface area contributed by atoms with Crippen molar-refractivity contribution in [3.8, 4) is 0 Å². The van der Waals surface area contributed by atoms with Gasteiger partial charge in [-0.3, -0.25) is 4.79 Å². The molecule has 0 N–H and O–H groups in total. The standard InChI is InChI=1S/C13H18N4O4S/c1-9-14-15-11(20-9)22-6-10(18)17-5-3-4-13(8-17)7-16(2)12(19)21-13/h3-8H2,1-2H3. The second-order valence-electron chi connectivity index (χ2n) is 5.70. The molecular weight excluding hydrogens is 308 g/mol. The van der Waals surface area contributed by atoms with Crippen LogP contribution in [0.1, 0.15) is 18.7 Å². The van der Waals surface area contributed by atoms with E-state index in [1.165, 1.54) is 11.8 Å².